The maximum Gasteiger partial charge on any atom is 0.315 e. The maximum absolute atomic E-state index is 11.2. The van der Waals surface area contributed by atoms with Crippen molar-refractivity contribution in [2.75, 3.05) is 5.70 Å². The Bertz CT molecular complexity index is 367. The second-order valence-corrected chi connectivity index (χ2v) is 5.11. The Hall–Kier alpha value is -0.910. The first-order valence-electron chi connectivity index (χ1n) is 6.37. The molecule has 0 aromatic carbocycles. The molecule has 5 nitrogen and oxygen atoms in total. The van der Waals surface area contributed by atoms with E-state index in [9.17, 15) is 9.59 Å². The van der Waals surface area contributed by atoms with E-state index in [0.717, 1.165) is 12.8 Å². The summed E-state index contributed by atoms with van der Waals surface area (Å²) >= 11 is 1.23. The summed E-state index contributed by atoms with van der Waals surface area (Å²) in [7, 11) is 0. The number of rotatable bonds is 5. The number of carbonyl (C=O) groups is 2. The second-order valence-electron chi connectivity index (χ2n) is 4.03. The van der Waals surface area contributed by atoms with Gasteiger partial charge in [0.1, 0.15) is 0 Å². The Morgan fingerprint density at radius 1 is 1.56 bits per heavy atom. The predicted octanol–water partition coefficient (Wildman–Crippen LogP) is 0.797. The molecule has 3 atom stereocenters. The Balaban J connectivity index is 1.86. The van der Waals surface area contributed by atoms with Crippen molar-refractivity contribution in [1.82, 2.24) is 10.6 Å². The van der Waals surface area contributed by atoms with Crippen LogP contribution >= 0.6 is 11.8 Å². The van der Waals surface area contributed by atoms with Gasteiger partial charge in [-0.1, -0.05) is 6.42 Å². The van der Waals surface area contributed by atoms with Crippen molar-refractivity contribution >= 4 is 23.8 Å². The summed E-state index contributed by atoms with van der Waals surface area (Å²) in [5, 5.41) is 13.9. The molecule has 90 valence electrons. The minimum atomic E-state index is -1.46. The van der Waals surface area contributed by atoms with Gasteiger partial charge in [-0.05, 0) is 12.8 Å². The standard InChI is InChI=1S/C10H16N2O3S/c13-8(14)4-2-1-3-7-9-6(5-16-7)11-10(15)12-9/h6-7,9H,1-5H2,(H,13,14)(H2,11,12,15)/t6-,7-,9-/m0/s1/i5D2. The molecule has 0 aromatic rings. The van der Waals surface area contributed by atoms with E-state index < -0.39 is 17.7 Å². The van der Waals surface area contributed by atoms with Crippen LogP contribution in [0.2, 0.25) is 0 Å². The second kappa shape index (κ2) is 4.95. The number of carbonyl (C=O) groups excluding carboxylic acids is 1. The summed E-state index contributed by atoms with van der Waals surface area (Å²) in [5.74, 6) is -0.807. The fraction of sp³-hybridized carbons (Fsp3) is 0.800. The van der Waals surface area contributed by atoms with Crippen LogP contribution in [-0.2, 0) is 4.79 Å². The highest BCUT2D eigenvalue weighted by atomic mass is 32.2. The molecule has 0 saturated carbocycles. The van der Waals surface area contributed by atoms with Crippen LogP contribution in [0.4, 0.5) is 4.79 Å². The first kappa shape index (κ1) is 9.15. The third-order valence-electron chi connectivity index (χ3n) is 2.82. The van der Waals surface area contributed by atoms with E-state index in [2.05, 4.69) is 10.6 Å². The van der Waals surface area contributed by atoms with Crippen molar-refractivity contribution in [1.29, 1.82) is 0 Å². The van der Waals surface area contributed by atoms with E-state index in [1.54, 1.807) is 0 Å². The summed E-state index contributed by atoms with van der Waals surface area (Å²) in [6.07, 6.45) is 2.19. The van der Waals surface area contributed by atoms with Crippen LogP contribution in [0.5, 0.6) is 0 Å². The third-order valence-corrected chi connectivity index (χ3v) is 4.04. The molecule has 16 heavy (non-hydrogen) atoms. The highest BCUT2D eigenvalue weighted by molar-refractivity contribution is 8.00. The summed E-state index contributed by atoms with van der Waals surface area (Å²) in [6, 6.07) is -0.994. The monoisotopic (exact) mass is 246 g/mol. The number of aliphatic carboxylic acids is 1. The number of thioether (sulfide) groups is 1. The summed E-state index contributed by atoms with van der Waals surface area (Å²) in [4.78, 5) is 21.6. The Morgan fingerprint density at radius 3 is 3.12 bits per heavy atom. The van der Waals surface area contributed by atoms with Crippen LogP contribution < -0.4 is 10.6 Å². The molecule has 2 amide bonds. The maximum atomic E-state index is 11.2. The molecule has 0 radical (unpaired) electrons. The zero-order valence-electron chi connectivity index (χ0n) is 10.7. The highest BCUT2D eigenvalue weighted by Gasteiger charge is 2.42. The molecule has 3 N–H and O–H groups in total. The van der Waals surface area contributed by atoms with Crippen LogP contribution in [0.1, 0.15) is 28.4 Å². The number of urea groups is 1. The average Bonchev–Trinajstić information content (AvgIpc) is 2.73. The topological polar surface area (TPSA) is 78.4 Å². The van der Waals surface area contributed by atoms with Gasteiger partial charge in [-0.3, -0.25) is 4.79 Å². The molecule has 0 bridgehead atoms. The van der Waals surface area contributed by atoms with Crippen molar-refractivity contribution in [3.8, 4) is 0 Å². The van der Waals surface area contributed by atoms with Crippen molar-refractivity contribution in [3.05, 3.63) is 0 Å². The molecule has 2 aliphatic rings. The van der Waals surface area contributed by atoms with Crippen LogP contribution in [0, 0.1) is 0 Å². The average molecular weight is 246 g/mol. The molecule has 0 spiro atoms. The number of amides is 2. The molecular formula is C10H16N2O3S. The lowest BCUT2D eigenvalue weighted by molar-refractivity contribution is -0.137. The summed E-state index contributed by atoms with van der Waals surface area (Å²) in [5.41, 5.74) is -1.46. The Morgan fingerprint density at radius 2 is 2.38 bits per heavy atom. The van der Waals surface area contributed by atoms with E-state index in [1.165, 1.54) is 11.8 Å². The van der Waals surface area contributed by atoms with Crippen LogP contribution in [-0.4, -0.2) is 40.1 Å². The first-order valence-corrected chi connectivity index (χ1v) is 6.25. The van der Waals surface area contributed by atoms with Crippen molar-refractivity contribution in [2.45, 2.75) is 43.0 Å². The van der Waals surface area contributed by atoms with E-state index >= 15 is 0 Å². The SMILES string of the molecule is [2H]C1([2H])S[C@@H](CCCCC(=O)O)[C@H]2NC(=O)N[C@H]21. The molecular weight excluding hydrogens is 228 g/mol. The number of carboxylic acid groups (broad SMARTS) is 1. The summed E-state index contributed by atoms with van der Waals surface area (Å²) in [6.45, 7) is 0. The Labute approximate surface area is 101 Å². The minimum absolute atomic E-state index is 0.0118. The van der Waals surface area contributed by atoms with Crippen LogP contribution in [0.3, 0.4) is 0 Å². The van der Waals surface area contributed by atoms with Gasteiger partial charge in [0.15, 0.2) is 0 Å². The highest BCUT2D eigenvalue weighted by Crippen LogP contribution is 2.33. The fourth-order valence-electron chi connectivity index (χ4n) is 2.01. The van der Waals surface area contributed by atoms with Gasteiger partial charge in [0.2, 0.25) is 0 Å². The smallest absolute Gasteiger partial charge is 0.315 e. The molecule has 0 aliphatic carbocycles. The van der Waals surface area contributed by atoms with Gasteiger partial charge in [0.05, 0.1) is 12.1 Å². The van der Waals surface area contributed by atoms with E-state index in [4.69, 9.17) is 7.85 Å². The molecule has 2 saturated heterocycles. The van der Waals surface area contributed by atoms with Gasteiger partial charge < -0.3 is 15.7 Å². The van der Waals surface area contributed by atoms with Crippen molar-refractivity contribution in [2.24, 2.45) is 0 Å². The number of nitrogens with one attached hydrogen (secondary N) is 2. The number of unbranched alkanes of at least 4 members (excludes halogenated alkanes) is 1. The number of hydrogen-bond acceptors (Lipinski definition) is 3. The summed E-state index contributed by atoms with van der Waals surface area (Å²) < 4.78 is 15.7. The molecule has 0 aromatic heterocycles. The lowest BCUT2D eigenvalue weighted by Crippen LogP contribution is -2.36. The predicted molar refractivity (Wildman–Crippen MR) is 61.6 cm³/mol. The lowest BCUT2D eigenvalue weighted by Gasteiger charge is -2.16. The van der Waals surface area contributed by atoms with Crippen LogP contribution in [0.25, 0.3) is 0 Å². The van der Waals surface area contributed by atoms with E-state index in [1.807, 2.05) is 0 Å². The molecule has 2 fully saturated rings. The van der Waals surface area contributed by atoms with Crippen molar-refractivity contribution < 1.29 is 17.4 Å². The normalized spacial score (nSPS) is 37.0. The quantitative estimate of drug-likeness (QED) is 0.495. The molecule has 6 heteroatoms. The van der Waals surface area contributed by atoms with Gasteiger partial charge in [-0.25, -0.2) is 4.79 Å². The number of carboxylic acids is 1. The van der Waals surface area contributed by atoms with Gasteiger partial charge in [-0.15, -0.1) is 0 Å². The van der Waals surface area contributed by atoms with Gasteiger partial charge in [-0.2, -0.15) is 11.8 Å². The zero-order chi connectivity index (χ0) is 13.3. The van der Waals surface area contributed by atoms with Gasteiger partial charge >= 0.3 is 12.0 Å². The zero-order valence-corrected chi connectivity index (χ0v) is 9.55. The minimum Gasteiger partial charge on any atom is -0.481 e. The van der Waals surface area contributed by atoms with Crippen molar-refractivity contribution in [3.63, 3.8) is 0 Å². The molecule has 2 rings (SSSR count). The molecule has 2 heterocycles. The number of hydrogen-bond donors (Lipinski definition) is 3. The lowest BCUT2D eigenvalue weighted by atomic mass is 10.0. The van der Waals surface area contributed by atoms with Gasteiger partial charge in [0.25, 0.3) is 0 Å². The molecule has 2 aliphatic heterocycles. The molecule has 0 unspecified atom stereocenters. The third kappa shape index (κ3) is 2.61. The van der Waals surface area contributed by atoms with E-state index in [-0.39, 0.29) is 23.7 Å². The number of fused-ring (bicyclic) bond motifs is 1. The van der Waals surface area contributed by atoms with Crippen LogP contribution in [0.15, 0.2) is 0 Å². The largest absolute Gasteiger partial charge is 0.481 e. The Kier molecular flexibility index (Phi) is 2.83. The fourth-order valence-corrected chi connectivity index (χ4v) is 3.20. The van der Waals surface area contributed by atoms with Gasteiger partial charge in [0, 0.05) is 20.1 Å². The van der Waals surface area contributed by atoms with E-state index in [0.29, 0.717) is 6.42 Å². The first-order chi connectivity index (χ1) is 8.40.